The lowest BCUT2D eigenvalue weighted by molar-refractivity contribution is 0.236. The van der Waals surface area contributed by atoms with E-state index in [4.69, 9.17) is 4.98 Å². The fourth-order valence-corrected chi connectivity index (χ4v) is 3.48. The summed E-state index contributed by atoms with van der Waals surface area (Å²) in [5.74, 6) is 0. The van der Waals surface area contributed by atoms with Gasteiger partial charge in [0.2, 0.25) is 0 Å². The third-order valence-electron chi connectivity index (χ3n) is 5.06. The maximum atomic E-state index is 13.1. The van der Waals surface area contributed by atoms with Crippen molar-refractivity contribution in [3.8, 4) is 11.3 Å². The second kappa shape index (κ2) is 7.40. The summed E-state index contributed by atoms with van der Waals surface area (Å²) in [6, 6.07) is 5.30. The molecule has 0 aliphatic heterocycles. The number of allylic oxidation sites excluding steroid dienone is 2. The predicted molar refractivity (Wildman–Crippen MR) is 105 cm³/mol. The lowest BCUT2D eigenvalue weighted by Gasteiger charge is -2.16. The van der Waals surface area contributed by atoms with Crippen LogP contribution in [0, 0.1) is 0 Å². The van der Waals surface area contributed by atoms with Gasteiger partial charge in [-0.15, -0.1) is 0 Å². The highest BCUT2D eigenvalue weighted by Crippen LogP contribution is 2.30. The van der Waals surface area contributed by atoms with Gasteiger partial charge in [0.15, 0.2) is 0 Å². The minimum absolute atomic E-state index is 0.119. The fourth-order valence-electron chi connectivity index (χ4n) is 3.48. The molecule has 1 N–H and O–H groups in total. The maximum absolute atomic E-state index is 13.1. The SMILES string of the molecule is CC(CO)n1cnc2c(-c3cccnc3)nc(C3=CCCCC3)cc2c1=O. The Hall–Kier alpha value is -2.86. The van der Waals surface area contributed by atoms with Crippen LogP contribution in [0.5, 0.6) is 0 Å². The van der Waals surface area contributed by atoms with Crippen molar-refractivity contribution in [1.29, 1.82) is 0 Å². The summed E-state index contributed by atoms with van der Waals surface area (Å²) < 4.78 is 1.48. The van der Waals surface area contributed by atoms with Crippen molar-refractivity contribution in [2.75, 3.05) is 6.61 Å². The molecule has 6 nitrogen and oxygen atoms in total. The van der Waals surface area contributed by atoms with Crippen LogP contribution in [0.1, 0.15) is 44.3 Å². The number of nitrogens with zero attached hydrogens (tertiary/aromatic N) is 4. The Bertz CT molecular complexity index is 1060. The molecule has 0 saturated heterocycles. The molecular weight excluding hydrogens is 340 g/mol. The summed E-state index contributed by atoms with van der Waals surface area (Å²) in [5.41, 5.74) is 3.91. The Labute approximate surface area is 157 Å². The Morgan fingerprint density at radius 3 is 2.93 bits per heavy atom. The summed E-state index contributed by atoms with van der Waals surface area (Å²) in [4.78, 5) is 26.7. The number of pyridine rings is 2. The Morgan fingerprint density at radius 1 is 1.33 bits per heavy atom. The van der Waals surface area contributed by atoms with E-state index in [0.29, 0.717) is 16.6 Å². The first-order valence-electron chi connectivity index (χ1n) is 9.31. The smallest absolute Gasteiger partial charge is 0.261 e. The highest BCUT2D eigenvalue weighted by Gasteiger charge is 2.18. The lowest BCUT2D eigenvalue weighted by Crippen LogP contribution is -2.26. The van der Waals surface area contributed by atoms with Crippen LogP contribution >= 0.6 is 0 Å². The number of rotatable bonds is 4. The Balaban J connectivity index is 2.01. The molecular formula is C21H22N4O2. The van der Waals surface area contributed by atoms with Crippen molar-refractivity contribution in [1.82, 2.24) is 19.5 Å². The molecule has 0 bridgehead atoms. The van der Waals surface area contributed by atoms with Crippen LogP contribution in [0.25, 0.3) is 27.7 Å². The molecule has 0 spiro atoms. The third kappa shape index (κ3) is 3.28. The van der Waals surface area contributed by atoms with Gasteiger partial charge in [-0.1, -0.05) is 6.08 Å². The monoisotopic (exact) mass is 362 g/mol. The molecule has 0 radical (unpaired) electrons. The second-order valence-electron chi connectivity index (χ2n) is 6.96. The molecule has 3 aromatic rings. The van der Waals surface area contributed by atoms with E-state index in [0.717, 1.165) is 30.5 Å². The third-order valence-corrected chi connectivity index (χ3v) is 5.06. The topological polar surface area (TPSA) is 80.9 Å². The van der Waals surface area contributed by atoms with E-state index < -0.39 is 0 Å². The highest BCUT2D eigenvalue weighted by atomic mass is 16.3. The summed E-state index contributed by atoms with van der Waals surface area (Å²) in [6.07, 6.45) is 11.5. The van der Waals surface area contributed by atoms with Crippen LogP contribution in [0.15, 0.2) is 47.8 Å². The van der Waals surface area contributed by atoms with Crippen molar-refractivity contribution >= 4 is 16.5 Å². The second-order valence-corrected chi connectivity index (χ2v) is 6.96. The van der Waals surface area contributed by atoms with E-state index in [1.165, 1.54) is 22.9 Å². The molecule has 3 aromatic heterocycles. The van der Waals surface area contributed by atoms with Crippen LogP contribution in [0.3, 0.4) is 0 Å². The average Bonchev–Trinajstić information content (AvgIpc) is 2.74. The van der Waals surface area contributed by atoms with E-state index in [1.54, 1.807) is 19.3 Å². The molecule has 6 heteroatoms. The Morgan fingerprint density at radius 2 is 2.22 bits per heavy atom. The normalized spacial score (nSPS) is 15.6. The van der Waals surface area contributed by atoms with Gasteiger partial charge < -0.3 is 5.11 Å². The molecule has 0 aromatic carbocycles. The van der Waals surface area contributed by atoms with Crippen LogP contribution in [-0.4, -0.2) is 31.2 Å². The molecule has 138 valence electrons. The van der Waals surface area contributed by atoms with Crippen LogP contribution < -0.4 is 5.56 Å². The number of hydrogen-bond acceptors (Lipinski definition) is 5. The average molecular weight is 362 g/mol. The van der Waals surface area contributed by atoms with Crippen molar-refractivity contribution in [2.24, 2.45) is 0 Å². The number of aromatic nitrogens is 4. The molecule has 4 rings (SSSR count). The molecule has 27 heavy (non-hydrogen) atoms. The summed E-state index contributed by atoms with van der Waals surface area (Å²) in [7, 11) is 0. The van der Waals surface area contributed by atoms with Gasteiger partial charge in [0, 0.05) is 18.0 Å². The number of aliphatic hydroxyl groups is 1. The van der Waals surface area contributed by atoms with Crippen molar-refractivity contribution < 1.29 is 5.11 Å². The summed E-state index contributed by atoms with van der Waals surface area (Å²) in [5, 5.41) is 9.98. The van der Waals surface area contributed by atoms with Gasteiger partial charge >= 0.3 is 0 Å². The van der Waals surface area contributed by atoms with Crippen LogP contribution in [-0.2, 0) is 0 Å². The first-order valence-corrected chi connectivity index (χ1v) is 9.31. The molecule has 0 fully saturated rings. The standard InChI is InChI=1S/C21H22N4O2/c1-14(12-26)25-13-23-20-17(21(25)27)10-18(15-6-3-2-4-7-15)24-19(20)16-8-5-9-22-11-16/h5-6,8-11,13-14,26H,2-4,7,12H2,1H3. The zero-order valence-electron chi connectivity index (χ0n) is 15.3. The van der Waals surface area contributed by atoms with Gasteiger partial charge in [-0.2, -0.15) is 0 Å². The zero-order valence-corrected chi connectivity index (χ0v) is 15.3. The van der Waals surface area contributed by atoms with Gasteiger partial charge in [0.25, 0.3) is 5.56 Å². The van der Waals surface area contributed by atoms with Gasteiger partial charge in [-0.3, -0.25) is 14.3 Å². The van der Waals surface area contributed by atoms with E-state index in [1.807, 2.05) is 18.2 Å². The first-order chi connectivity index (χ1) is 13.2. The quantitative estimate of drug-likeness (QED) is 0.770. The van der Waals surface area contributed by atoms with Crippen molar-refractivity contribution in [3.05, 3.63) is 59.0 Å². The van der Waals surface area contributed by atoms with Gasteiger partial charge in [-0.25, -0.2) is 9.97 Å². The van der Waals surface area contributed by atoms with Crippen molar-refractivity contribution in [2.45, 2.75) is 38.6 Å². The predicted octanol–water partition coefficient (Wildman–Crippen LogP) is 3.36. The first kappa shape index (κ1) is 17.5. The highest BCUT2D eigenvalue weighted by molar-refractivity contribution is 5.92. The molecule has 1 aliphatic carbocycles. The minimum Gasteiger partial charge on any atom is -0.394 e. The van der Waals surface area contributed by atoms with Crippen LogP contribution in [0.2, 0.25) is 0 Å². The molecule has 3 heterocycles. The molecule has 1 aliphatic rings. The number of fused-ring (bicyclic) bond motifs is 1. The molecule has 1 unspecified atom stereocenters. The minimum atomic E-state index is -0.332. The Kier molecular flexibility index (Phi) is 4.81. The van der Waals surface area contributed by atoms with E-state index in [-0.39, 0.29) is 18.2 Å². The summed E-state index contributed by atoms with van der Waals surface area (Å²) in [6.45, 7) is 1.67. The fraction of sp³-hybridized carbons (Fsp3) is 0.333. The molecule has 0 amide bonds. The van der Waals surface area contributed by atoms with Gasteiger partial charge in [-0.05, 0) is 56.4 Å². The lowest BCUT2D eigenvalue weighted by atomic mass is 9.95. The molecule has 0 saturated carbocycles. The van der Waals surface area contributed by atoms with E-state index >= 15 is 0 Å². The van der Waals surface area contributed by atoms with Gasteiger partial charge in [0.05, 0.1) is 35.8 Å². The number of hydrogen-bond donors (Lipinski definition) is 1. The summed E-state index contributed by atoms with van der Waals surface area (Å²) >= 11 is 0. The van der Waals surface area contributed by atoms with Gasteiger partial charge in [0.1, 0.15) is 5.52 Å². The van der Waals surface area contributed by atoms with E-state index in [9.17, 15) is 9.90 Å². The zero-order chi connectivity index (χ0) is 18.8. The maximum Gasteiger partial charge on any atom is 0.261 e. The molecule has 1 atom stereocenters. The largest absolute Gasteiger partial charge is 0.394 e. The van der Waals surface area contributed by atoms with Crippen molar-refractivity contribution in [3.63, 3.8) is 0 Å². The number of aliphatic hydroxyl groups excluding tert-OH is 1. The van der Waals surface area contributed by atoms with E-state index in [2.05, 4.69) is 16.0 Å². The van der Waals surface area contributed by atoms with Crippen LogP contribution in [0.4, 0.5) is 0 Å².